The minimum absolute atomic E-state index is 0.146. The number of amides is 1. The summed E-state index contributed by atoms with van der Waals surface area (Å²) in [6, 6.07) is 30.4. The van der Waals surface area contributed by atoms with Crippen LogP contribution in [0.4, 0.5) is 5.82 Å². The van der Waals surface area contributed by atoms with Crippen LogP contribution < -0.4 is 5.32 Å². The highest BCUT2D eigenvalue weighted by molar-refractivity contribution is 7.21. The SMILES string of the molecule is Cc1ccccc1C(=O)Nc1[nH]cc(-c2cccc3ccccc23)c1-c1nc2ccccc2s1. The van der Waals surface area contributed by atoms with Crippen molar-refractivity contribution in [2.24, 2.45) is 0 Å². The molecular formula is C29H21N3OS. The number of aromatic nitrogens is 2. The molecule has 0 aliphatic heterocycles. The van der Waals surface area contributed by atoms with Gasteiger partial charge in [0.2, 0.25) is 0 Å². The molecule has 6 rings (SSSR count). The number of fused-ring (bicyclic) bond motifs is 2. The maximum Gasteiger partial charge on any atom is 0.257 e. The van der Waals surface area contributed by atoms with Crippen molar-refractivity contribution in [3.8, 4) is 21.7 Å². The molecule has 34 heavy (non-hydrogen) atoms. The molecule has 0 radical (unpaired) electrons. The van der Waals surface area contributed by atoms with Gasteiger partial charge in [-0.05, 0) is 47.0 Å². The topological polar surface area (TPSA) is 57.8 Å². The molecule has 0 aliphatic rings. The summed E-state index contributed by atoms with van der Waals surface area (Å²) in [7, 11) is 0. The van der Waals surface area contributed by atoms with Crippen LogP contribution in [0.3, 0.4) is 0 Å². The highest BCUT2D eigenvalue weighted by Gasteiger charge is 2.22. The minimum Gasteiger partial charge on any atom is -0.347 e. The summed E-state index contributed by atoms with van der Waals surface area (Å²) in [5.74, 6) is 0.502. The van der Waals surface area contributed by atoms with Gasteiger partial charge >= 0.3 is 0 Å². The fraction of sp³-hybridized carbons (Fsp3) is 0.0345. The first-order chi connectivity index (χ1) is 16.7. The number of rotatable bonds is 4. The first-order valence-corrected chi connectivity index (χ1v) is 11.9. The van der Waals surface area contributed by atoms with Crippen molar-refractivity contribution >= 4 is 44.1 Å². The standard InChI is InChI=1S/C29H21N3OS/c1-18-9-2-4-12-20(18)28(33)32-27-26(29-31-24-15-6-7-16-25(24)34-29)23(17-30-27)22-14-8-11-19-10-3-5-13-21(19)22/h2-17,30H,1H3,(H,32,33). The Kier molecular flexibility index (Phi) is 4.97. The maximum absolute atomic E-state index is 13.2. The zero-order valence-electron chi connectivity index (χ0n) is 18.5. The summed E-state index contributed by atoms with van der Waals surface area (Å²) in [6.45, 7) is 1.94. The molecule has 0 fully saturated rings. The van der Waals surface area contributed by atoms with Gasteiger partial charge in [0.1, 0.15) is 10.8 Å². The van der Waals surface area contributed by atoms with Crippen LogP contribution in [0.1, 0.15) is 15.9 Å². The summed E-state index contributed by atoms with van der Waals surface area (Å²) in [5.41, 5.74) is 5.54. The van der Waals surface area contributed by atoms with Crippen LogP contribution in [-0.4, -0.2) is 15.9 Å². The van der Waals surface area contributed by atoms with E-state index in [4.69, 9.17) is 4.98 Å². The first-order valence-electron chi connectivity index (χ1n) is 11.1. The van der Waals surface area contributed by atoms with Crippen molar-refractivity contribution in [3.05, 3.63) is 108 Å². The normalized spacial score (nSPS) is 11.2. The second kappa shape index (κ2) is 8.28. The summed E-state index contributed by atoms with van der Waals surface area (Å²) >= 11 is 1.63. The molecule has 0 bridgehead atoms. The fourth-order valence-electron chi connectivity index (χ4n) is 4.40. The smallest absolute Gasteiger partial charge is 0.257 e. The van der Waals surface area contributed by atoms with E-state index in [0.29, 0.717) is 11.4 Å². The monoisotopic (exact) mass is 459 g/mol. The highest BCUT2D eigenvalue weighted by atomic mass is 32.1. The van der Waals surface area contributed by atoms with E-state index < -0.39 is 0 Å². The van der Waals surface area contributed by atoms with Gasteiger partial charge in [-0.15, -0.1) is 11.3 Å². The van der Waals surface area contributed by atoms with Crippen LogP contribution in [0.5, 0.6) is 0 Å². The number of hydrogen-bond acceptors (Lipinski definition) is 3. The van der Waals surface area contributed by atoms with Gasteiger partial charge in [0.15, 0.2) is 0 Å². The lowest BCUT2D eigenvalue weighted by Gasteiger charge is -2.10. The number of thiazole rings is 1. The van der Waals surface area contributed by atoms with Gasteiger partial charge in [0, 0.05) is 17.3 Å². The molecule has 0 spiro atoms. The molecule has 4 aromatic carbocycles. The van der Waals surface area contributed by atoms with Crippen molar-refractivity contribution in [2.75, 3.05) is 5.32 Å². The quantitative estimate of drug-likeness (QED) is 0.284. The molecule has 1 amide bonds. The van der Waals surface area contributed by atoms with Crippen molar-refractivity contribution in [3.63, 3.8) is 0 Å². The average molecular weight is 460 g/mol. The van der Waals surface area contributed by atoms with Crippen molar-refractivity contribution < 1.29 is 4.79 Å². The van der Waals surface area contributed by atoms with E-state index in [-0.39, 0.29) is 5.91 Å². The number of carbonyl (C=O) groups is 1. The van der Waals surface area contributed by atoms with Crippen LogP contribution >= 0.6 is 11.3 Å². The Balaban J connectivity index is 1.55. The molecule has 4 nitrogen and oxygen atoms in total. The molecule has 0 atom stereocenters. The number of para-hydroxylation sites is 1. The Morgan fingerprint density at radius 3 is 2.50 bits per heavy atom. The Bertz CT molecular complexity index is 1640. The zero-order chi connectivity index (χ0) is 23.1. The fourth-order valence-corrected chi connectivity index (χ4v) is 5.44. The van der Waals surface area contributed by atoms with Gasteiger partial charge in [-0.2, -0.15) is 0 Å². The van der Waals surface area contributed by atoms with E-state index in [1.54, 1.807) is 11.3 Å². The second-order valence-corrected chi connectivity index (χ2v) is 9.27. The second-order valence-electron chi connectivity index (χ2n) is 8.23. The van der Waals surface area contributed by atoms with Gasteiger partial charge in [0.05, 0.1) is 15.8 Å². The number of nitrogens with one attached hydrogen (secondary N) is 2. The summed E-state index contributed by atoms with van der Waals surface area (Å²) < 4.78 is 1.11. The molecule has 0 saturated heterocycles. The molecule has 2 aromatic heterocycles. The lowest BCUT2D eigenvalue weighted by Crippen LogP contribution is -2.14. The van der Waals surface area contributed by atoms with Crippen molar-refractivity contribution in [2.45, 2.75) is 6.92 Å². The Hall–Kier alpha value is -4.22. The summed E-state index contributed by atoms with van der Waals surface area (Å²) in [6.07, 6.45) is 1.97. The van der Waals surface area contributed by atoms with Gasteiger partial charge in [-0.3, -0.25) is 4.79 Å². The lowest BCUT2D eigenvalue weighted by molar-refractivity contribution is 0.102. The maximum atomic E-state index is 13.2. The molecule has 0 unspecified atom stereocenters. The summed E-state index contributed by atoms with van der Waals surface area (Å²) in [5, 5.41) is 6.31. The number of aryl methyl sites for hydroxylation is 1. The first kappa shape index (κ1) is 20.4. The predicted molar refractivity (Wildman–Crippen MR) is 141 cm³/mol. The van der Waals surface area contributed by atoms with Gasteiger partial charge in [0.25, 0.3) is 5.91 Å². The van der Waals surface area contributed by atoms with Crippen LogP contribution in [0, 0.1) is 6.92 Å². The van der Waals surface area contributed by atoms with Crippen LogP contribution in [0.15, 0.2) is 97.2 Å². The van der Waals surface area contributed by atoms with E-state index in [9.17, 15) is 4.79 Å². The number of nitrogens with zero attached hydrogens (tertiary/aromatic N) is 1. The molecular weight excluding hydrogens is 438 g/mol. The van der Waals surface area contributed by atoms with Crippen LogP contribution in [0.2, 0.25) is 0 Å². The van der Waals surface area contributed by atoms with E-state index in [2.05, 4.69) is 52.8 Å². The Labute approximate surface area is 200 Å². The van der Waals surface area contributed by atoms with E-state index >= 15 is 0 Å². The largest absolute Gasteiger partial charge is 0.347 e. The number of hydrogen-bond donors (Lipinski definition) is 2. The van der Waals surface area contributed by atoms with Gasteiger partial charge < -0.3 is 10.3 Å². The van der Waals surface area contributed by atoms with Crippen LogP contribution in [-0.2, 0) is 0 Å². The van der Waals surface area contributed by atoms with Gasteiger partial charge in [-0.25, -0.2) is 4.98 Å². The molecule has 5 heteroatoms. The Morgan fingerprint density at radius 1 is 0.853 bits per heavy atom. The number of carbonyl (C=O) groups excluding carboxylic acids is 1. The highest BCUT2D eigenvalue weighted by Crippen LogP contribution is 2.43. The molecule has 0 saturated carbocycles. The molecule has 164 valence electrons. The number of aromatic amines is 1. The number of benzene rings is 4. The van der Waals surface area contributed by atoms with Crippen molar-refractivity contribution in [1.29, 1.82) is 0 Å². The van der Waals surface area contributed by atoms with Gasteiger partial charge in [-0.1, -0.05) is 72.8 Å². The number of H-pyrrole nitrogens is 1. The molecule has 6 aromatic rings. The third-order valence-electron chi connectivity index (χ3n) is 6.10. The molecule has 0 aliphatic carbocycles. The zero-order valence-corrected chi connectivity index (χ0v) is 19.3. The average Bonchev–Trinajstić information content (AvgIpc) is 3.47. The summed E-state index contributed by atoms with van der Waals surface area (Å²) in [4.78, 5) is 21.5. The lowest BCUT2D eigenvalue weighted by atomic mass is 9.97. The van der Waals surface area contributed by atoms with Crippen LogP contribution in [0.25, 0.3) is 42.7 Å². The Morgan fingerprint density at radius 2 is 1.62 bits per heavy atom. The predicted octanol–water partition coefficient (Wildman–Crippen LogP) is 7.67. The van der Waals surface area contributed by atoms with E-state index in [1.165, 1.54) is 5.39 Å². The molecule has 2 N–H and O–H groups in total. The molecule has 2 heterocycles. The van der Waals surface area contributed by atoms with Crippen molar-refractivity contribution in [1.82, 2.24) is 9.97 Å². The van der Waals surface area contributed by atoms with E-state index in [0.717, 1.165) is 42.9 Å². The number of anilines is 1. The third kappa shape index (κ3) is 3.47. The third-order valence-corrected chi connectivity index (χ3v) is 7.15. The van der Waals surface area contributed by atoms with E-state index in [1.807, 2.05) is 61.7 Å². The minimum atomic E-state index is -0.146.